The van der Waals surface area contributed by atoms with E-state index in [0.717, 1.165) is 17.0 Å². The summed E-state index contributed by atoms with van der Waals surface area (Å²) < 4.78 is 1.81. The largest absolute Gasteiger partial charge is 0.365 e. The first-order valence-electron chi connectivity index (χ1n) is 5.21. The first kappa shape index (κ1) is 10.5. The lowest BCUT2D eigenvalue weighted by molar-refractivity contribution is 0.818. The molecular weight excluding hydrogens is 200 g/mol. The Bertz CT molecular complexity index is 535. The van der Waals surface area contributed by atoms with Gasteiger partial charge in [-0.05, 0) is 19.9 Å². The molecule has 4 nitrogen and oxygen atoms in total. The van der Waals surface area contributed by atoms with E-state index in [0.29, 0.717) is 6.42 Å². The number of nitrogens with one attached hydrogen (secondary N) is 1. The van der Waals surface area contributed by atoms with Gasteiger partial charge in [0.2, 0.25) is 0 Å². The number of aromatic nitrogens is 3. The highest BCUT2D eigenvalue weighted by Gasteiger charge is 2.07. The van der Waals surface area contributed by atoms with Crippen LogP contribution in [0.3, 0.4) is 0 Å². The van der Waals surface area contributed by atoms with Crippen molar-refractivity contribution in [3.05, 3.63) is 24.2 Å². The maximum atomic E-state index is 5.27. The number of aryl methyl sites for hydroxylation is 1. The lowest BCUT2D eigenvalue weighted by atomic mass is 10.2. The molecule has 0 fully saturated rings. The number of hydrogen-bond donors (Lipinski definition) is 1. The van der Waals surface area contributed by atoms with Gasteiger partial charge in [0.1, 0.15) is 5.52 Å². The fourth-order valence-corrected chi connectivity index (χ4v) is 1.62. The van der Waals surface area contributed by atoms with Crippen LogP contribution >= 0.6 is 0 Å². The van der Waals surface area contributed by atoms with Crippen LogP contribution in [0.15, 0.2) is 18.5 Å². The van der Waals surface area contributed by atoms with Gasteiger partial charge in [0.25, 0.3) is 0 Å². The summed E-state index contributed by atoms with van der Waals surface area (Å²) in [6.45, 7) is 4.00. The maximum Gasteiger partial charge on any atom is 0.152 e. The highest BCUT2D eigenvalue weighted by atomic mass is 15.2. The van der Waals surface area contributed by atoms with Crippen molar-refractivity contribution >= 4 is 11.3 Å². The third kappa shape index (κ3) is 1.98. The van der Waals surface area contributed by atoms with Crippen LogP contribution in [-0.2, 0) is 0 Å². The van der Waals surface area contributed by atoms with Gasteiger partial charge in [-0.15, -0.1) is 12.3 Å². The number of rotatable bonds is 3. The van der Waals surface area contributed by atoms with E-state index in [2.05, 4.69) is 21.3 Å². The molecular formula is C12H14N4. The van der Waals surface area contributed by atoms with Gasteiger partial charge in [-0.3, -0.25) is 0 Å². The number of nitrogens with zero attached hydrogens (tertiary/aromatic N) is 3. The molecule has 0 amide bonds. The molecule has 0 saturated heterocycles. The van der Waals surface area contributed by atoms with Crippen LogP contribution in [0.5, 0.6) is 0 Å². The maximum absolute atomic E-state index is 5.27. The number of fused-ring (bicyclic) bond motifs is 1. The van der Waals surface area contributed by atoms with E-state index in [9.17, 15) is 0 Å². The summed E-state index contributed by atoms with van der Waals surface area (Å²) in [4.78, 5) is 4.30. The summed E-state index contributed by atoms with van der Waals surface area (Å²) in [5.41, 5.74) is 1.95. The van der Waals surface area contributed by atoms with Crippen molar-refractivity contribution in [2.24, 2.45) is 0 Å². The van der Waals surface area contributed by atoms with Crippen LogP contribution in [0, 0.1) is 19.3 Å². The topological polar surface area (TPSA) is 42.2 Å². The van der Waals surface area contributed by atoms with E-state index in [1.54, 1.807) is 6.20 Å². The number of hydrogen-bond acceptors (Lipinski definition) is 3. The van der Waals surface area contributed by atoms with Crippen molar-refractivity contribution < 1.29 is 0 Å². The second-order valence-electron chi connectivity index (χ2n) is 3.85. The Balaban J connectivity index is 2.33. The van der Waals surface area contributed by atoms with E-state index in [1.807, 2.05) is 30.6 Å². The normalized spacial score (nSPS) is 12.3. The van der Waals surface area contributed by atoms with Crippen molar-refractivity contribution in [2.45, 2.75) is 26.3 Å². The molecule has 0 spiro atoms. The molecule has 0 radical (unpaired) electrons. The minimum absolute atomic E-state index is 0.207. The first-order chi connectivity index (χ1) is 7.70. The molecule has 2 rings (SSSR count). The molecule has 2 aromatic heterocycles. The standard InChI is InChI=1S/C12H14N4/c1-4-5-9(2)14-12-11-8-10(3)15-16(11)7-6-13-12/h1,6-9H,5H2,2-3H3,(H,13,14). The molecule has 2 heterocycles. The second-order valence-corrected chi connectivity index (χ2v) is 3.85. The summed E-state index contributed by atoms with van der Waals surface area (Å²) in [6, 6.07) is 2.21. The molecule has 1 unspecified atom stereocenters. The van der Waals surface area contributed by atoms with Gasteiger partial charge in [0.15, 0.2) is 5.82 Å². The zero-order valence-corrected chi connectivity index (χ0v) is 9.44. The molecule has 1 atom stereocenters. The summed E-state index contributed by atoms with van der Waals surface area (Å²) >= 11 is 0. The Kier molecular flexibility index (Phi) is 2.78. The SMILES string of the molecule is C#CCC(C)Nc1nccn2nc(C)cc12. The summed E-state index contributed by atoms with van der Waals surface area (Å²) in [6.07, 6.45) is 9.51. The molecule has 82 valence electrons. The Morgan fingerprint density at radius 1 is 1.62 bits per heavy atom. The van der Waals surface area contributed by atoms with E-state index < -0.39 is 0 Å². The Morgan fingerprint density at radius 2 is 2.44 bits per heavy atom. The summed E-state index contributed by atoms with van der Waals surface area (Å²) in [5, 5.41) is 7.61. The van der Waals surface area contributed by atoms with Crippen molar-refractivity contribution in [3.63, 3.8) is 0 Å². The van der Waals surface area contributed by atoms with Crippen LogP contribution in [0.2, 0.25) is 0 Å². The molecule has 0 aromatic carbocycles. The van der Waals surface area contributed by atoms with E-state index >= 15 is 0 Å². The predicted molar refractivity (Wildman–Crippen MR) is 64.3 cm³/mol. The molecule has 0 aliphatic rings. The zero-order valence-electron chi connectivity index (χ0n) is 9.44. The van der Waals surface area contributed by atoms with Crippen molar-refractivity contribution in [1.29, 1.82) is 0 Å². The lowest BCUT2D eigenvalue weighted by Gasteiger charge is -2.11. The quantitative estimate of drug-likeness (QED) is 0.793. The van der Waals surface area contributed by atoms with Crippen LogP contribution < -0.4 is 5.32 Å². The fraction of sp³-hybridized carbons (Fsp3) is 0.333. The van der Waals surface area contributed by atoms with E-state index in [4.69, 9.17) is 6.42 Å². The monoisotopic (exact) mass is 214 g/mol. The van der Waals surface area contributed by atoms with Crippen LogP contribution in [0.1, 0.15) is 19.0 Å². The van der Waals surface area contributed by atoms with Crippen molar-refractivity contribution in [1.82, 2.24) is 14.6 Å². The van der Waals surface area contributed by atoms with Crippen LogP contribution in [0.25, 0.3) is 5.52 Å². The van der Waals surface area contributed by atoms with Crippen molar-refractivity contribution in [2.75, 3.05) is 5.32 Å². The van der Waals surface area contributed by atoms with Crippen molar-refractivity contribution in [3.8, 4) is 12.3 Å². The Labute approximate surface area is 94.7 Å². The van der Waals surface area contributed by atoms with Gasteiger partial charge in [-0.25, -0.2) is 9.50 Å². The average molecular weight is 214 g/mol. The van der Waals surface area contributed by atoms with Gasteiger partial charge in [-0.1, -0.05) is 0 Å². The second kappa shape index (κ2) is 4.23. The van der Waals surface area contributed by atoms with Crippen LogP contribution in [0.4, 0.5) is 5.82 Å². The lowest BCUT2D eigenvalue weighted by Crippen LogP contribution is -2.15. The highest BCUT2D eigenvalue weighted by Crippen LogP contribution is 2.15. The minimum atomic E-state index is 0.207. The van der Waals surface area contributed by atoms with Gasteiger partial charge >= 0.3 is 0 Å². The molecule has 16 heavy (non-hydrogen) atoms. The number of terminal acetylenes is 1. The Hall–Kier alpha value is -2.02. The molecule has 0 aliphatic carbocycles. The number of anilines is 1. The molecule has 0 aliphatic heterocycles. The smallest absolute Gasteiger partial charge is 0.152 e. The molecule has 1 N–H and O–H groups in total. The summed E-state index contributed by atoms with van der Waals surface area (Å²) in [5.74, 6) is 3.45. The van der Waals surface area contributed by atoms with Gasteiger partial charge in [-0.2, -0.15) is 5.10 Å². The summed E-state index contributed by atoms with van der Waals surface area (Å²) in [7, 11) is 0. The molecule has 2 aromatic rings. The Morgan fingerprint density at radius 3 is 3.19 bits per heavy atom. The minimum Gasteiger partial charge on any atom is -0.365 e. The van der Waals surface area contributed by atoms with E-state index in [-0.39, 0.29) is 6.04 Å². The molecule has 0 saturated carbocycles. The third-order valence-electron chi connectivity index (χ3n) is 2.32. The molecule has 4 heteroatoms. The first-order valence-corrected chi connectivity index (χ1v) is 5.21. The fourth-order valence-electron chi connectivity index (χ4n) is 1.62. The van der Waals surface area contributed by atoms with Gasteiger partial charge in [0, 0.05) is 24.9 Å². The molecule has 0 bridgehead atoms. The predicted octanol–water partition coefficient (Wildman–Crippen LogP) is 1.86. The van der Waals surface area contributed by atoms with Gasteiger partial charge < -0.3 is 5.32 Å². The zero-order chi connectivity index (χ0) is 11.5. The average Bonchev–Trinajstić information content (AvgIpc) is 2.60. The van der Waals surface area contributed by atoms with Crippen LogP contribution in [-0.4, -0.2) is 20.6 Å². The van der Waals surface area contributed by atoms with Gasteiger partial charge in [0.05, 0.1) is 5.69 Å². The highest BCUT2D eigenvalue weighted by molar-refractivity contribution is 5.67. The third-order valence-corrected chi connectivity index (χ3v) is 2.32. The van der Waals surface area contributed by atoms with E-state index in [1.165, 1.54) is 0 Å².